The summed E-state index contributed by atoms with van der Waals surface area (Å²) in [6.07, 6.45) is 0.885. The molecule has 0 saturated heterocycles. The van der Waals surface area contributed by atoms with Crippen LogP contribution in [0.2, 0.25) is 0 Å². The molecule has 1 aliphatic carbocycles. The molecule has 0 bridgehead atoms. The maximum absolute atomic E-state index is 12.9. The van der Waals surface area contributed by atoms with Gasteiger partial charge in [-0.05, 0) is 28.3 Å². The fourth-order valence-corrected chi connectivity index (χ4v) is 4.39. The van der Waals surface area contributed by atoms with Crippen LogP contribution >= 0.6 is 0 Å². The number of para-hydroxylation sites is 1. The molecule has 1 heterocycles. The molecule has 0 atom stereocenters. The summed E-state index contributed by atoms with van der Waals surface area (Å²) in [7, 11) is 0. The molecule has 160 valence electrons. The van der Waals surface area contributed by atoms with Gasteiger partial charge in [0.25, 0.3) is 0 Å². The maximum Gasteiger partial charge on any atom is 0.410 e. The Morgan fingerprint density at radius 2 is 1.53 bits per heavy atom. The Hall–Kier alpha value is -4.06. The van der Waals surface area contributed by atoms with Crippen molar-refractivity contribution in [2.45, 2.75) is 12.5 Å². The van der Waals surface area contributed by atoms with Crippen LogP contribution in [-0.2, 0) is 16.1 Å². The van der Waals surface area contributed by atoms with E-state index in [1.165, 1.54) is 4.90 Å². The molecule has 0 spiro atoms. The zero-order valence-corrected chi connectivity index (χ0v) is 17.2. The fourth-order valence-electron chi connectivity index (χ4n) is 4.39. The molecular weight excluding hydrogens is 406 g/mol. The van der Waals surface area contributed by atoms with Gasteiger partial charge in [-0.2, -0.15) is 0 Å². The molecular formula is C26H21NO5. The number of benzene rings is 3. The lowest BCUT2D eigenvalue weighted by Gasteiger charge is -2.21. The van der Waals surface area contributed by atoms with Crippen molar-refractivity contribution in [1.82, 2.24) is 4.90 Å². The Labute approximate surface area is 184 Å². The van der Waals surface area contributed by atoms with Gasteiger partial charge in [0, 0.05) is 16.9 Å². The molecule has 0 saturated carbocycles. The Balaban J connectivity index is 1.36. The van der Waals surface area contributed by atoms with E-state index in [2.05, 4.69) is 12.1 Å². The van der Waals surface area contributed by atoms with E-state index in [-0.39, 0.29) is 19.1 Å². The summed E-state index contributed by atoms with van der Waals surface area (Å²) in [4.78, 5) is 25.5. The van der Waals surface area contributed by atoms with Crippen molar-refractivity contribution in [3.05, 3.63) is 95.7 Å². The van der Waals surface area contributed by atoms with Crippen molar-refractivity contribution < 1.29 is 23.8 Å². The number of aliphatic carboxylic acids is 1. The number of amides is 1. The summed E-state index contributed by atoms with van der Waals surface area (Å²) < 4.78 is 11.2. The normalized spacial score (nSPS) is 12.4. The molecule has 1 amide bonds. The largest absolute Gasteiger partial charge is 0.480 e. The van der Waals surface area contributed by atoms with Crippen molar-refractivity contribution in [2.75, 3.05) is 13.2 Å². The van der Waals surface area contributed by atoms with Gasteiger partial charge in [-0.15, -0.1) is 0 Å². The third-order valence-electron chi connectivity index (χ3n) is 5.84. The van der Waals surface area contributed by atoms with Gasteiger partial charge in [0.2, 0.25) is 0 Å². The van der Waals surface area contributed by atoms with E-state index in [9.17, 15) is 14.7 Å². The Morgan fingerprint density at radius 3 is 2.22 bits per heavy atom. The predicted molar refractivity (Wildman–Crippen MR) is 119 cm³/mol. The molecule has 1 aromatic heterocycles. The van der Waals surface area contributed by atoms with Crippen LogP contribution in [0.5, 0.6) is 0 Å². The molecule has 6 nitrogen and oxygen atoms in total. The number of carboxylic acids is 1. The van der Waals surface area contributed by atoms with Crippen LogP contribution in [-0.4, -0.2) is 35.2 Å². The summed E-state index contributed by atoms with van der Waals surface area (Å²) in [5.74, 6) is -1.20. The molecule has 32 heavy (non-hydrogen) atoms. The number of ether oxygens (including phenoxy) is 1. The van der Waals surface area contributed by atoms with Crippen LogP contribution < -0.4 is 0 Å². The first kappa shape index (κ1) is 19.9. The molecule has 3 aromatic carbocycles. The highest BCUT2D eigenvalue weighted by molar-refractivity contribution is 5.82. The minimum Gasteiger partial charge on any atom is -0.480 e. The van der Waals surface area contributed by atoms with E-state index in [0.717, 1.165) is 33.2 Å². The van der Waals surface area contributed by atoms with Gasteiger partial charge in [-0.3, -0.25) is 9.69 Å². The lowest BCUT2D eigenvalue weighted by Crippen LogP contribution is -2.36. The summed E-state index contributed by atoms with van der Waals surface area (Å²) in [5, 5.41) is 10.2. The predicted octanol–water partition coefficient (Wildman–Crippen LogP) is 5.27. The number of carbonyl (C=O) groups excluding carboxylic acids is 1. The van der Waals surface area contributed by atoms with E-state index >= 15 is 0 Å². The van der Waals surface area contributed by atoms with E-state index in [1.54, 1.807) is 6.26 Å². The van der Waals surface area contributed by atoms with Gasteiger partial charge in [-0.1, -0.05) is 66.7 Å². The number of nitrogens with zero attached hydrogens (tertiary/aromatic N) is 1. The first-order valence-corrected chi connectivity index (χ1v) is 10.4. The van der Waals surface area contributed by atoms with Gasteiger partial charge in [-0.25, -0.2) is 4.79 Å². The molecule has 1 aliphatic rings. The summed E-state index contributed by atoms with van der Waals surface area (Å²) in [5.41, 5.74) is 5.90. The third-order valence-corrected chi connectivity index (χ3v) is 5.84. The van der Waals surface area contributed by atoms with Crippen LogP contribution in [0.1, 0.15) is 22.6 Å². The van der Waals surface area contributed by atoms with E-state index in [0.29, 0.717) is 5.58 Å². The van der Waals surface area contributed by atoms with Gasteiger partial charge in [0.05, 0.1) is 12.8 Å². The third kappa shape index (κ3) is 3.60. The second kappa shape index (κ2) is 8.23. The average molecular weight is 427 g/mol. The van der Waals surface area contributed by atoms with Crippen LogP contribution in [0.15, 0.2) is 83.5 Å². The molecule has 0 unspecified atom stereocenters. The number of carboxylic acid groups (broad SMARTS) is 1. The SMILES string of the molecule is O=C(O)CN(Cc1coc2ccccc12)C(=O)OCC1c2ccccc2-c2ccccc21. The number of rotatable bonds is 6. The molecule has 5 rings (SSSR count). The second-order valence-electron chi connectivity index (χ2n) is 7.81. The molecule has 4 aromatic rings. The quantitative estimate of drug-likeness (QED) is 0.454. The minimum absolute atomic E-state index is 0.0833. The Kier molecular flexibility index (Phi) is 5.11. The van der Waals surface area contributed by atoms with Crippen LogP contribution in [0.3, 0.4) is 0 Å². The smallest absolute Gasteiger partial charge is 0.410 e. The highest BCUT2D eigenvalue weighted by atomic mass is 16.6. The Bertz CT molecular complexity index is 1260. The second-order valence-corrected chi connectivity index (χ2v) is 7.81. The van der Waals surface area contributed by atoms with Crippen molar-refractivity contribution >= 4 is 23.0 Å². The number of carbonyl (C=O) groups is 2. The fraction of sp³-hybridized carbons (Fsp3) is 0.154. The van der Waals surface area contributed by atoms with E-state index < -0.39 is 18.6 Å². The van der Waals surface area contributed by atoms with Crippen LogP contribution in [0.25, 0.3) is 22.1 Å². The van der Waals surface area contributed by atoms with Crippen LogP contribution in [0, 0.1) is 0 Å². The number of hydrogen-bond acceptors (Lipinski definition) is 4. The van der Waals surface area contributed by atoms with E-state index in [1.807, 2.05) is 60.7 Å². The van der Waals surface area contributed by atoms with Crippen molar-refractivity contribution in [1.29, 1.82) is 0 Å². The lowest BCUT2D eigenvalue weighted by atomic mass is 9.98. The van der Waals surface area contributed by atoms with Gasteiger partial charge >= 0.3 is 12.1 Å². The van der Waals surface area contributed by atoms with Crippen molar-refractivity contribution in [3.8, 4) is 11.1 Å². The van der Waals surface area contributed by atoms with Crippen molar-refractivity contribution in [3.63, 3.8) is 0 Å². The Morgan fingerprint density at radius 1 is 0.906 bits per heavy atom. The topological polar surface area (TPSA) is 80.0 Å². The highest BCUT2D eigenvalue weighted by Gasteiger charge is 2.30. The number of furan rings is 1. The first-order chi connectivity index (χ1) is 15.6. The summed E-state index contributed by atoms with van der Waals surface area (Å²) in [6.45, 7) is -0.245. The zero-order valence-electron chi connectivity index (χ0n) is 17.2. The van der Waals surface area contributed by atoms with Gasteiger partial charge < -0.3 is 14.3 Å². The minimum atomic E-state index is -1.11. The molecule has 1 N–H and O–H groups in total. The monoisotopic (exact) mass is 427 g/mol. The molecule has 0 aliphatic heterocycles. The first-order valence-electron chi connectivity index (χ1n) is 10.4. The lowest BCUT2D eigenvalue weighted by molar-refractivity contribution is -0.138. The standard InChI is InChI=1S/C26H21NO5/c28-25(29)14-27(13-17-15-31-24-12-6-5-7-18(17)24)26(30)32-16-23-21-10-3-1-8-19(21)20-9-2-4-11-22(20)23/h1-12,15,23H,13-14,16H2,(H,28,29). The molecule has 0 fully saturated rings. The van der Waals surface area contributed by atoms with Crippen LogP contribution in [0.4, 0.5) is 4.79 Å². The van der Waals surface area contributed by atoms with Gasteiger partial charge in [0.15, 0.2) is 0 Å². The van der Waals surface area contributed by atoms with Crippen molar-refractivity contribution in [2.24, 2.45) is 0 Å². The number of hydrogen-bond donors (Lipinski definition) is 1. The number of fused-ring (bicyclic) bond motifs is 4. The highest BCUT2D eigenvalue weighted by Crippen LogP contribution is 2.44. The molecule has 6 heteroatoms. The molecule has 0 radical (unpaired) electrons. The zero-order chi connectivity index (χ0) is 22.1. The summed E-state index contributed by atoms with van der Waals surface area (Å²) in [6, 6.07) is 23.6. The van der Waals surface area contributed by atoms with Gasteiger partial charge in [0.1, 0.15) is 18.7 Å². The average Bonchev–Trinajstić information content (AvgIpc) is 3.36. The van der Waals surface area contributed by atoms with E-state index in [4.69, 9.17) is 9.15 Å². The maximum atomic E-state index is 12.9. The summed E-state index contributed by atoms with van der Waals surface area (Å²) >= 11 is 0.